The van der Waals surface area contributed by atoms with Gasteiger partial charge in [-0.25, -0.2) is 0 Å². The predicted molar refractivity (Wildman–Crippen MR) is 105 cm³/mol. The van der Waals surface area contributed by atoms with Crippen molar-refractivity contribution in [2.75, 3.05) is 5.32 Å². The Morgan fingerprint density at radius 2 is 1.93 bits per heavy atom. The molecule has 4 bridgehead atoms. The number of nitro groups is 1. The first-order valence-corrected chi connectivity index (χ1v) is 10.4. The number of carbonyl (C=O) groups is 1. The van der Waals surface area contributed by atoms with E-state index in [1.54, 1.807) is 6.92 Å². The smallest absolute Gasteiger partial charge is 0.309 e. The summed E-state index contributed by atoms with van der Waals surface area (Å²) in [6.07, 6.45) is 11.2. The highest BCUT2D eigenvalue weighted by Crippen LogP contribution is 2.58. The van der Waals surface area contributed by atoms with Gasteiger partial charge in [0.2, 0.25) is 5.91 Å². The highest BCUT2D eigenvalue weighted by Gasteiger charge is 2.52. The molecule has 2 aromatic heterocycles. The Labute approximate surface area is 168 Å². The van der Waals surface area contributed by atoms with Crippen LogP contribution >= 0.6 is 0 Å². The second-order valence-corrected chi connectivity index (χ2v) is 9.18. The molecular weight excluding hydrogens is 372 g/mol. The summed E-state index contributed by atoms with van der Waals surface area (Å²) < 4.78 is 3.61. The van der Waals surface area contributed by atoms with Crippen molar-refractivity contribution in [2.45, 2.75) is 64.0 Å². The topological polar surface area (TPSA) is 108 Å². The third kappa shape index (κ3) is 3.22. The van der Waals surface area contributed by atoms with Crippen molar-refractivity contribution in [2.24, 2.45) is 17.8 Å². The van der Waals surface area contributed by atoms with Crippen molar-refractivity contribution in [3.8, 4) is 0 Å². The first kappa shape index (κ1) is 18.3. The molecule has 6 rings (SSSR count). The van der Waals surface area contributed by atoms with Crippen LogP contribution in [0.15, 0.2) is 18.5 Å². The van der Waals surface area contributed by atoms with Gasteiger partial charge in [0.15, 0.2) is 5.82 Å². The largest absolute Gasteiger partial charge is 0.309 e. The fourth-order valence-corrected chi connectivity index (χ4v) is 6.25. The molecule has 29 heavy (non-hydrogen) atoms. The van der Waals surface area contributed by atoms with Crippen LogP contribution in [0.2, 0.25) is 0 Å². The molecule has 4 fully saturated rings. The molecule has 154 valence electrons. The van der Waals surface area contributed by atoms with Crippen LogP contribution in [0.3, 0.4) is 0 Å². The van der Waals surface area contributed by atoms with E-state index in [-0.39, 0.29) is 23.6 Å². The number of nitrogens with zero attached hydrogens (tertiary/aromatic N) is 5. The zero-order valence-corrected chi connectivity index (χ0v) is 16.6. The lowest BCUT2D eigenvalue weighted by Crippen LogP contribution is -2.52. The number of carbonyl (C=O) groups excluding carboxylic acids is 1. The van der Waals surface area contributed by atoms with Gasteiger partial charge in [-0.2, -0.15) is 10.2 Å². The molecule has 0 aromatic carbocycles. The summed E-state index contributed by atoms with van der Waals surface area (Å²) in [5, 5.41) is 22.5. The monoisotopic (exact) mass is 398 g/mol. The van der Waals surface area contributed by atoms with E-state index < -0.39 is 4.92 Å². The molecule has 1 amide bonds. The summed E-state index contributed by atoms with van der Waals surface area (Å²) in [5.74, 6) is 2.92. The highest BCUT2D eigenvalue weighted by atomic mass is 16.6. The molecule has 9 heteroatoms. The quantitative estimate of drug-likeness (QED) is 0.593. The van der Waals surface area contributed by atoms with Crippen molar-refractivity contribution in [1.82, 2.24) is 19.6 Å². The second-order valence-electron chi connectivity index (χ2n) is 9.18. The van der Waals surface area contributed by atoms with Gasteiger partial charge in [-0.05, 0) is 63.2 Å². The lowest BCUT2D eigenvalue weighted by atomic mass is 9.53. The molecule has 0 atom stereocenters. The molecular formula is C20H26N6O3. The van der Waals surface area contributed by atoms with Crippen molar-refractivity contribution in [3.63, 3.8) is 0 Å². The zero-order valence-electron chi connectivity index (χ0n) is 16.6. The standard InChI is InChI=1S/C20H26N6O3/c1-13-17(26(28)29)12-21-24(13)4-3-19(27)22-18-2-5-25(23-18)20-9-14-6-15(10-20)8-16(7-14)11-20/h2,5,12,14-16H,3-4,6-11H2,1H3,(H,22,23,27). The minimum absolute atomic E-state index is 0.0280. The number of hydrogen-bond acceptors (Lipinski definition) is 5. The average molecular weight is 398 g/mol. The molecule has 2 heterocycles. The molecule has 4 aliphatic carbocycles. The van der Waals surface area contributed by atoms with E-state index in [1.165, 1.54) is 49.4 Å². The molecule has 0 aliphatic heterocycles. The first-order valence-electron chi connectivity index (χ1n) is 10.4. The Morgan fingerprint density at radius 3 is 2.52 bits per heavy atom. The zero-order chi connectivity index (χ0) is 20.2. The summed E-state index contributed by atoms with van der Waals surface area (Å²) in [5.41, 5.74) is 0.566. The third-order valence-corrected chi connectivity index (χ3v) is 7.17. The number of aromatic nitrogens is 4. The van der Waals surface area contributed by atoms with E-state index in [0.717, 1.165) is 17.8 Å². The molecule has 0 unspecified atom stereocenters. The Morgan fingerprint density at radius 1 is 1.28 bits per heavy atom. The SMILES string of the molecule is Cc1c([N+](=O)[O-])cnn1CCC(=O)Nc1ccn(C23CC4CC(CC(C4)C2)C3)n1. The van der Waals surface area contributed by atoms with Gasteiger partial charge in [0.05, 0.1) is 17.0 Å². The first-order chi connectivity index (χ1) is 13.9. The molecule has 0 radical (unpaired) electrons. The maximum absolute atomic E-state index is 12.4. The van der Waals surface area contributed by atoms with E-state index in [2.05, 4.69) is 15.1 Å². The van der Waals surface area contributed by atoms with Crippen LogP contribution in [-0.2, 0) is 16.9 Å². The van der Waals surface area contributed by atoms with E-state index in [9.17, 15) is 14.9 Å². The van der Waals surface area contributed by atoms with Crippen molar-refractivity contribution >= 4 is 17.4 Å². The fraction of sp³-hybridized carbons (Fsp3) is 0.650. The summed E-state index contributed by atoms with van der Waals surface area (Å²) >= 11 is 0. The maximum atomic E-state index is 12.4. The summed E-state index contributed by atoms with van der Waals surface area (Å²) in [7, 11) is 0. The lowest BCUT2D eigenvalue weighted by molar-refractivity contribution is -0.385. The Hall–Kier alpha value is -2.71. The van der Waals surface area contributed by atoms with E-state index in [4.69, 9.17) is 5.10 Å². The minimum atomic E-state index is -0.462. The third-order valence-electron chi connectivity index (χ3n) is 7.17. The van der Waals surface area contributed by atoms with Gasteiger partial charge in [0.1, 0.15) is 11.9 Å². The van der Waals surface area contributed by atoms with Crippen LogP contribution in [0.1, 0.15) is 50.6 Å². The second kappa shape index (κ2) is 6.67. The van der Waals surface area contributed by atoms with Crippen LogP contribution in [0.5, 0.6) is 0 Å². The molecule has 4 aliphatic rings. The van der Waals surface area contributed by atoms with E-state index >= 15 is 0 Å². The molecule has 1 N–H and O–H groups in total. The van der Waals surface area contributed by atoms with Crippen LogP contribution in [-0.4, -0.2) is 30.4 Å². The number of hydrogen-bond donors (Lipinski definition) is 1. The van der Waals surface area contributed by atoms with Gasteiger partial charge in [-0.15, -0.1) is 0 Å². The van der Waals surface area contributed by atoms with Crippen LogP contribution in [0.25, 0.3) is 0 Å². The number of nitrogens with one attached hydrogen (secondary N) is 1. The molecule has 2 aromatic rings. The number of aryl methyl sites for hydroxylation is 1. The Bertz CT molecular complexity index is 926. The molecule has 0 saturated heterocycles. The van der Waals surface area contributed by atoms with Gasteiger partial charge in [-0.1, -0.05) is 0 Å². The Kier molecular flexibility index (Phi) is 4.22. The van der Waals surface area contributed by atoms with Gasteiger partial charge in [0.25, 0.3) is 0 Å². The van der Waals surface area contributed by atoms with Crippen LogP contribution in [0, 0.1) is 34.8 Å². The highest BCUT2D eigenvalue weighted by molar-refractivity contribution is 5.89. The Balaban J connectivity index is 1.22. The number of amides is 1. The summed E-state index contributed by atoms with van der Waals surface area (Å²) in [6, 6.07) is 1.88. The molecule has 4 saturated carbocycles. The van der Waals surface area contributed by atoms with E-state index in [1.807, 2.05) is 12.3 Å². The fourth-order valence-electron chi connectivity index (χ4n) is 6.25. The summed E-state index contributed by atoms with van der Waals surface area (Å²) in [4.78, 5) is 22.8. The van der Waals surface area contributed by atoms with Crippen molar-refractivity contribution < 1.29 is 9.72 Å². The molecule has 0 spiro atoms. The minimum Gasteiger partial charge on any atom is -0.309 e. The van der Waals surface area contributed by atoms with Gasteiger partial charge in [-0.3, -0.25) is 24.3 Å². The van der Waals surface area contributed by atoms with Crippen LogP contribution < -0.4 is 5.32 Å². The number of rotatable bonds is 6. The summed E-state index contributed by atoms with van der Waals surface area (Å²) in [6.45, 7) is 1.93. The van der Waals surface area contributed by atoms with Gasteiger partial charge >= 0.3 is 5.69 Å². The average Bonchev–Trinajstić information content (AvgIpc) is 3.26. The molecule has 9 nitrogen and oxygen atoms in total. The maximum Gasteiger partial charge on any atom is 0.309 e. The predicted octanol–water partition coefficient (Wildman–Crippen LogP) is 3.25. The van der Waals surface area contributed by atoms with Gasteiger partial charge in [0, 0.05) is 18.7 Å². The lowest BCUT2D eigenvalue weighted by Gasteiger charge is -2.56. The van der Waals surface area contributed by atoms with Crippen molar-refractivity contribution in [3.05, 3.63) is 34.3 Å². The normalized spacial score (nSPS) is 29.9. The van der Waals surface area contributed by atoms with Crippen molar-refractivity contribution in [1.29, 1.82) is 0 Å². The van der Waals surface area contributed by atoms with Crippen LogP contribution in [0.4, 0.5) is 11.5 Å². The number of anilines is 1. The van der Waals surface area contributed by atoms with Gasteiger partial charge < -0.3 is 5.32 Å². The van der Waals surface area contributed by atoms with E-state index in [0.29, 0.717) is 18.1 Å².